The van der Waals surface area contributed by atoms with Gasteiger partial charge in [-0.05, 0) is 12.8 Å². The third-order valence-corrected chi connectivity index (χ3v) is 3.47. The van der Waals surface area contributed by atoms with Crippen LogP contribution in [0.2, 0.25) is 0 Å². The number of nitrogens with two attached hydrogens (primary N) is 1. The standard InChI is InChI=1S/C9H15N3OS/c1-12(7-2-4-13-5-3-7)9-11-6-8(10)14-9/h6-7H,2-5,10H2,1H3. The van der Waals surface area contributed by atoms with Crippen LogP contribution in [-0.2, 0) is 4.74 Å². The number of aromatic nitrogens is 1. The molecular weight excluding hydrogens is 198 g/mol. The van der Waals surface area contributed by atoms with Gasteiger partial charge in [-0.15, -0.1) is 0 Å². The lowest BCUT2D eigenvalue weighted by Gasteiger charge is -2.30. The molecule has 0 aliphatic carbocycles. The van der Waals surface area contributed by atoms with Gasteiger partial charge in [0.05, 0.1) is 6.20 Å². The third kappa shape index (κ3) is 1.99. The van der Waals surface area contributed by atoms with Crippen molar-refractivity contribution in [3.63, 3.8) is 0 Å². The summed E-state index contributed by atoms with van der Waals surface area (Å²) in [5.41, 5.74) is 5.65. The van der Waals surface area contributed by atoms with Crippen LogP contribution in [0.5, 0.6) is 0 Å². The summed E-state index contributed by atoms with van der Waals surface area (Å²) in [5, 5.41) is 1.79. The predicted molar refractivity (Wildman–Crippen MR) is 58.8 cm³/mol. The number of nitrogen functional groups attached to an aromatic ring is 1. The fraction of sp³-hybridized carbons (Fsp3) is 0.667. The van der Waals surface area contributed by atoms with E-state index in [0.717, 1.165) is 36.2 Å². The molecule has 0 saturated carbocycles. The summed E-state index contributed by atoms with van der Waals surface area (Å²) in [6.45, 7) is 1.71. The fourth-order valence-electron chi connectivity index (χ4n) is 1.67. The molecule has 5 heteroatoms. The molecule has 1 aliphatic rings. The molecule has 1 aromatic rings. The van der Waals surface area contributed by atoms with E-state index in [1.165, 1.54) is 0 Å². The van der Waals surface area contributed by atoms with E-state index < -0.39 is 0 Å². The highest BCUT2D eigenvalue weighted by atomic mass is 32.1. The smallest absolute Gasteiger partial charge is 0.187 e. The molecule has 0 atom stereocenters. The van der Waals surface area contributed by atoms with E-state index in [-0.39, 0.29) is 0 Å². The monoisotopic (exact) mass is 213 g/mol. The molecule has 1 aromatic heterocycles. The first kappa shape index (κ1) is 9.73. The van der Waals surface area contributed by atoms with Crippen LogP contribution >= 0.6 is 11.3 Å². The third-order valence-electron chi connectivity index (χ3n) is 2.55. The minimum Gasteiger partial charge on any atom is -0.389 e. The van der Waals surface area contributed by atoms with E-state index >= 15 is 0 Å². The van der Waals surface area contributed by atoms with Crippen molar-refractivity contribution < 1.29 is 4.74 Å². The summed E-state index contributed by atoms with van der Waals surface area (Å²) < 4.78 is 5.32. The van der Waals surface area contributed by atoms with Crippen LogP contribution < -0.4 is 10.6 Å². The second-order valence-corrected chi connectivity index (χ2v) is 4.54. The first-order chi connectivity index (χ1) is 6.77. The number of hydrogen-bond acceptors (Lipinski definition) is 5. The van der Waals surface area contributed by atoms with Crippen LogP contribution in [0.4, 0.5) is 10.1 Å². The maximum atomic E-state index is 5.65. The summed E-state index contributed by atoms with van der Waals surface area (Å²) in [5.74, 6) is 0. The van der Waals surface area contributed by atoms with Gasteiger partial charge in [0, 0.05) is 26.3 Å². The Morgan fingerprint density at radius 3 is 2.86 bits per heavy atom. The average Bonchev–Trinajstić information content (AvgIpc) is 2.65. The van der Waals surface area contributed by atoms with Gasteiger partial charge in [0.2, 0.25) is 0 Å². The lowest BCUT2D eigenvalue weighted by atomic mass is 10.1. The van der Waals surface area contributed by atoms with E-state index in [1.54, 1.807) is 17.5 Å². The largest absolute Gasteiger partial charge is 0.389 e. The summed E-state index contributed by atoms with van der Waals surface area (Å²) >= 11 is 1.54. The van der Waals surface area contributed by atoms with Gasteiger partial charge in [0.15, 0.2) is 5.13 Å². The highest BCUT2D eigenvalue weighted by Gasteiger charge is 2.20. The van der Waals surface area contributed by atoms with Crippen LogP contribution in [0, 0.1) is 0 Å². The van der Waals surface area contributed by atoms with Crippen molar-refractivity contribution in [2.45, 2.75) is 18.9 Å². The second-order valence-electron chi connectivity index (χ2n) is 3.50. The Bertz CT molecular complexity index is 296. The topological polar surface area (TPSA) is 51.4 Å². The minimum atomic E-state index is 0.550. The zero-order valence-corrected chi connectivity index (χ0v) is 9.09. The SMILES string of the molecule is CN(c1ncc(N)s1)C1CCOCC1. The lowest BCUT2D eigenvalue weighted by molar-refractivity contribution is 0.0855. The van der Waals surface area contributed by atoms with Crippen LogP contribution in [0.25, 0.3) is 0 Å². The van der Waals surface area contributed by atoms with Crippen molar-refractivity contribution in [2.24, 2.45) is 0 Å². The maximum absolute atomic E-state index is 5.65. The van der Waals surface area contributed by atoms with Crippen molar-refractivity contribution in [3.8, 4) is 0 Å². The van der Waals surface area contributed by atoms with Crippen molar-refractivity contribution in [3.05, 3.63) is 6.20 Å². The number of hydrogen-bond donors (Lipinski definition) is 1. The molecule has 0 spiro atoms. The molecular formula is C9H15N3OS. The molecule has 2 rings (SSSR count). The summed E-state index contributed by atoms with van der Waals surface area (Å²) in [4.78, 5) is 6.48. The molecule has 2 N–H and O–H groups in total. The highest BCUT2D eigenvalue weighted by molar-refractivity contribution is 7.19. The number of nitrogens with zero attached hydrogens (tertiary/aromatic N) is 2. The molecule has 1 saturated heterocycles. The van der Waals surface area contributed by atoms with Gasteiger partial charge in [-0.3, -0.25) is 0 Å². The molecule has 0 radical (unpaired) electrons. The zero-order chi connectivity index (χ0) is 9.97. The van der Waals surface area contributed by atoms with Gasteiger partial charge >= 0.3 is 0 Å². The summed E-state index contributed by atoms with van der Waals surface area (Å²) in [6, 6.07) is 0.550. The Morgan fingerprint density at radius 1 is 1.57 bits per heavy atom. The van der Waals surface area contributed by atoms with Crippen molar-refractivity contribution in [1.82, 2.24) is 4.98 Å². The molecule has 1 fully saturated rings. The molecule has 0 amide bonds. The molecule has 0 bridgehead atoms. The first-order valence-corrected chi connectivity index (χ1v) is 5.61. The Hall–Kier alpha value is -0.810. The predicted octanol–water partition coefficient (Wildman–Crippen LogP) is 1.34. The number of ether oxygens (including phenoxy) is 1. The summed E-state index contributed by atoms with van der Waals surface area (Å²) in [7, 11) is 2.08. The van der Waals surface area contributed by atoms with Gasteiger partial charge in [-0.2, -0.15) is 0 Å². The number of thiazole rings is 1. The molecule has 0 aromatic carbocycles. The van der Waals surface area contributed by atoms with Gasteiger partial charge in [-0.25, -0.2) is 4.98 Å². The minimum absolute atomic E-state index is 0.550. The molecule has 14 heavy (non-hydrogen) atoms. The van der Waals surface area contributed by atoms with Gasteiger partial charge in [0.1, 0.15) is 5.00 Å². The van der Waals surface area contributed by atoms with E-state index in [9.17, 15) is 0 Å². The Kier molecular flexibility index (Phi) is 2.88. The van der Waals surface area contributed by atoms with E-state index in [4.69, 9.17) is 10.5 Å². The molecule has 4 nitrogen and oxygen atoms in total. The Morgan fingerprint density at radius 2 is 2.29 bits per heavy atom. The fourth-order valence-corrected chi connectivity index (χ4v) is 2.38. The van der Waals surface area contributed by atoms with Crippen molar-refractivity contribution >= 4 is 21.5 Å². The van der Waals surface area contributed by atoms with Crippen LogP contribution in [0.3, 0.4) is 0 Å². The molecule has 0 unspecified atom stereocenters. The highest BCUT2D eigenvalue weighted by Crippen LogP contribution is 2.27. The first-order valence-electron chi connectivity index (χ1n) is 4.79. The quantitative estimate of drug-likeness (QED) is 0.805. The summed E-state index contributed by atoms with van der Waals surface area (Å²) in [6.07, 6.45) is 3.88. The van der Waals surface area contributed by atoms with E-state index in [0.29, 0.717) is 6.04 Å². The van der Waals surface area contributed by atoms with Crippen LogP contribution in [-0.4, -0.2) is 31.3 Å². The number of rotatable bonds is 2. The van der Waals surface area contributed by atoms with Crippen molar-refractivity contribution in [1.29, 1.82) is 0 Å². The van der Waals surface area contributed by atoms with Crippen LogP contribution in [0.15, 0.2) is 6.20 Å². The van der Waals surface area contributed by atoms with E-state index in [1.807, 2.05) is 0 Å². The van der Waals surface area contributed by atoms with Crippen LogP contribution in [0.1, 0.15) is 12.8 Å². The average molecular weight is 213 g/mol. The lowest BCUT2D eigenvalue weighted by Crippen LogP contribution is -2.36. The van der Waals surface area contributed by atoms with Crippen molar-refractivity contribution in [2.75, 3.05) is 30.9 Å². The van der Waals surface area contributed by atoms with Gasteiger partial charge in [0.25, 0.3) is 0 Å². The Balaban J connectivity index is 2.03. The molecule has 2 heterocycles. The van der Waals surface area contributed by atoms with Gasteiger partial charge in [-0.1, -0.05) is 11.3 Å². The van der Waals surface area contributed by atoms with E-state index in [2.05, 4.69) is 16.9 Å². The molecule has 1 aliphatic heterocycles. The maximum Gasteiger partial charge on any atom is 0.187 e. The Labute approximate surface area is 87.7 Å². The number of anilines is 2. The zero-order valence-electron chi connectivity index (χ0n) is 8.27. The second kappa shape index (κ2) is 4.14. The molecule has 78 valence electrons. The van der Waals surface area contributed by atoms with Gasteiger partial charge < -0.3 is 15.4 Å². The normalized spacial score (nSPS) is 18.4.